The molecule has 0 saturated carbocycles. The highest BCUT2D eigenvalue weighted by atomic mass is 16.5. The fraction of sp³-hybridized carbons (Fsp3) is 0.364. The Hall–Kier alpha value is -2.70. The predicted octanol–water partition coefficient (Wildman–Crippen LogP) is 3.00. The van der Waals surface area contributed by atoms with Crippen LogP contribution in [0.1, 0.15) is 37.8 Å². The largest absolute Gasteiger partial charge is 0.461 e. The lowest BCUT2D eigenvalue weighted by Gasteiger charge is -2.05. The molecule has 2 aromatic carbocycles. The van der Waals surface area contributed by atoms with Crippen molar-refractivity contribution in [3.8, 4) is 0 Å². The van der Waals surface area contributed by atoms with Crippen LogP contribution in [0.3, 0.4) is 0 Å². The van der Waals surface area contributed by atoms with Crippen molar-refractivity contribution in [2.75, 3.05) is 0 Å². The molecule has 2 atom stereocenters. The van der Waals surface area contributed by atoms with E-state index in [-0.39, 0.29) is 38.0 Å². The molecular formula is C22H28O6. The normalized spacial score (nSPS) is 12.1. The summed E-state index contributed by atoms with van der Waals surface area (Å²) < 4.78 is 9.88. The quantitative estimate of drug-likeness (QED) is 0.676. The van der Waals surface area contributed by atoms with Gasteiger partial charge in [-0.2, -0.15) is 0 Å². The molecule has 0 aliphatic heterocycles. The van der Waals surface area contributed by atoms with Crippen LogP contribution in [0.2, 0.25) is 0 Å². The van der Waals surface area contributed by atoms with E-state index in [0.29, 0.717) is 0 Å². The van der Waals surface area contributed by atoms with Gasteiger partial charge in [-0.1, -0.05) is 60.7 Å². The highest BCUT2D eigenvalue weighted by Crippen LogP contribution is 2.03. The van der Waals surface area contributed by atoms with Crippen LogP contribution in [0.4, 0.5) is 0 Å². The van der Waals surface area contributed by atoms with Gasteiger partial charge >= 0.3 is 11.9 Å². The summed E-state index contributed by atoms with van der Waals surface area (Å²) in [7, 11) is 0. The van der Waals surface area contributed by atoms with Crippen LogP contribution in [0.5, 0.6) is 0 Å². The zero-order valence-electron chi connectivity index (χ0n) is 16.3. The standard InChI is InChI=1S/2C11H14O3/c2*1-9(12)7-11(13)14-8-10-5-3-2-4-6-10/h2*2-6,9,12H,7-8H2,1H3. The van der Waals surface area contributed by atoms with Crippen LogP contribution >= 0.6 is 0 Å². The fourth-order valence-corrected chi connectivity index (χ4v) is 2.08. The number of carbonyl (C=O) groups is 2. The van der Waals surface area contributed by atoms with Gasteiger partial charge in [0.2, 0.25) is 0 Å². The molecule has 2 N–H and O–H groups in total. The first-order chi connectivity index (χ1) is 13.4. The Morgan fingerprint density at radius 2 is 1.04 bits per heavy atom. The van der Waals surface area contributed by atoms with Crippen molar-refractivity contribution in [3.05, 3.63) is 71.8 Å². The Morgan fingerprint density at radius 3 is 1.32 bits per heavy atom. The van der Waals surface area contributed by atoms with Crippen molar-refractivity contribution in [2.24, 2.45) is 0 Å². The van der Waals surface area contributed by atoms with E-state index in [2.05, 4.69) is 0 Å². The topological polar surface area (TPSA) is 93.1 Å². The summed E-state index contributed by atoms with van der Waals surface area (Å²) in [5.41, 5.74) is 1.90. The molecule has 2 aromatic rings. The number of rotatable bonds is 8. The maximum Gasteiger partial charge on any atom is 0.308 e. The maximum absolute atomic E-state index is 11.0. The van der Waals surface area contributed by atoms with Gasteiger partial charge in [-0.15, -0.1) is 0 Å². The highest BCUT2D eigenvalue weighted by Gasteiger charge is 2.07. The van der Waals surface area contributed by atoms with Crippen molar-refractivity contribution in [3.63, 3.8) is 0 Å². The number of hydrogen-bond donors (Lipinski definition) is 2. The smallest absolute Gasteiger partial charge is 0.308 e. The van der Waals surface area contributed by atoms with Gasteiger partial charge in [-0.25, -0.2) is 0 Å². The van der Waals surface area contributed by atoms with E-state index in [1.165, 1.54) is 0 Å². The Bertz CT molecular complexity index is 621. The minimum absolute atomic E-state index is 0.0484. The first-order valence-corrected chi connectivity index (χ1v) is 9.12. The summed E-state index contributed by atoms with van der Waals surface area (Å²) in [5.74, 6) is -0.743. The SMILES string of the molecule is CC(O)CC(=O)OCc1ccccc1.CC(O)CC(=O)OCc1ccccc1. The molecule has 6 nitrogen and oxygen atoms in total. The van der Waals surface area contributed by atoms with E-state index in [1.54, 1.807) is 13.8 Å². The molecular weight excluding hydrogens is 360 g/mol. The number of hydrogen-bond acceptors (Lipinski definition) is 6. The molecule has 0 amide bonds. The molecule has 0 aliphatic rings. The van der Waals surface area contributed by atoms with Gasteiger partial charge in [0.05, 0.1) is 25.0 Å². The second-order valence-corrected chi connectivity index (χ2v) is 6.40. The minimum atomic E-state index is -0.640. The molecule has 0 saturated heterocycles. The lowest BCUT2D eigenvalue weighted by molar-refractivity contribution is -0.147. The van der Waals surface area contributed by atoms with Crippen molar-refractivity contribution in [1.82, 2.24) is 0 Å². The summed E-state index contributed by atoms with van der Waals surface area (Å²) in [6, 6.07) is 18.9. The predicted molar refractivity (Wildman–Crippen MR) is 105 cm³/mol. The van der Waals surface area contributed by atoms with E-state index in [9.17, 15) is 9.59 Å². The fourth-order valence-electron chi connectivity index (χ4n) is 2.08. The van der Waals surface area contributed by atoms with E-state index < -0.39 is 12.2 Å². The molecule has 0 bridgehead atoms. The van der Waals surface area contributed by atoms with Crippen LogP contribution in [0.25, 0.3) is 0 Å². The van der Waals surface area contributed by atoms with Gasteiger partial charge in [0.15, 0.2) is 0 Å². The maximum atomic E-state index is 11.0. The van der Waals surface area contributed by atoms with Gasteiger partial charge in [0.1, 0.15) is 13.2 Å². The number of carbonyl (C=O) groups excluding carboxylic acids is 2. The monoisotopic (exact) mass is 388 g/mol. The summed E-state index contributed by atoms with van der Waals surface area (Å²) in [6.45, 7) is 3.66. The van der Waals surface area contributed by atoms with Gasteiger partial charge < -0.3 is 19.7 Å². The minimum Gasteiger partial charge on any atom is -0.461 e. The summed E-state index contributed by atoms with van der Waals surface area (Å²) in [4.78, 5) is 22.1. The number of benzene rings is 2. The Morgan fingerprint density at radius 1 is 0.714 bits per heavy atom. The summed E-state index contributed by atoms with van der Waals surface area (Å²) >= 11 is 0. The molecule has 0 heterocycles. The average molecular weight is 388 g/mol. The van der Waals surface area contributed by atoms with E-state index >= 15 is 0 Å². The zero-order chi connectivity index (χ0) is 20.8. The van der Waals surface area contributed by atoms with E-state index in [0.717, 1.165) is 11.1 Å². The third-order valence-electron chi connectivity index (χ3n) is 3.41. The third kappa shape index (κ3) is 11.8. The molecule has 6 heteroatoms. The molecule has 2 rings (SSSR count). The number of ether oxygens (including phenoxy) is 2. The third-order valence-corrected chi connectivity index (χ3v) is 3.41. The average Bonchev–Trinajstić information content (AvgIpc) is 2.66. The number of aliphatic hydroxyl groups excluding tert-OH is 2. The summed E-state index contributed by atoms with van der Waals surface area (Å²) in [5, 5.41) is 17.8. The van der Waals surface area contributed by atoms with Crippen LogP contribution in [-0.2, 0) is 32.3 Å². The van der Waals surface area contributed by atoms with Crippen molar-refractivity contribution < 1.29 is 29.3 Å². The van der Waals surface area contributed by atoms with Crippen LogP contribution in [-0.4, -0.2) is 34.4 Å². The Kier molecular flexibility index (Phi) is 11.2. The van der Waals surface area contributed by atoms with Crippen LogP contribution in [0.15, 0.2) is 60.7 Å². The van der Waals surface area contributed by atoms with E-state index in [4.69, 9.17) is 19.7 Å². The molecule has 152 valence electrons. The van der Waals surface area contributed by atoms with Gasteiger partial charge in [-0.05, 0) is 25.0 Å². The second-order valence-electron chi connectivity index (χ2n) is 6.40. The van der Waals surface area contributed by atoms with Crippen molar-refractivity contribution in [1.29, 1.82) is 0 Å². The Labute approximate surface area is 165 Å². The first-order valence-electron chi connectivity index (χ1n) is 9.12. The van der Waals surface area contributed by atoms with Gasteiger partial charge in [0, 0.05) is 0 Å². The molecule has 0 aromatic heterocycles. The van der Waals surface area contributed by atoms with Crippen molar-refractivity contribution >= 4 is 11.9 Å². The van der Waals surface area contributed by atoms with Crippen LogP contribution < -0.4 is 0 Å². The number of esters is 2. The first kappa shape index (κ1) is 23.3. The second kappa shape index (κ2) is 13.5. The Balaban J connectivity index is 0.000000280. The molecule has 0 fully saturated rings. The van der Waals surface area contributed by atoms with Crippen molar-refractivity contribution in [2.45, 2.75) is 52.1 Å². The molecule has 0 radical (unpaired) electrons. The molecule has 28 heavy (non-hydrogen) atoms. The van der Waals surface area contributed by atoms with Crippen LogP contribution in [0, 0.1) is 0 Å². The van der Waals surface area contributed by atoms with Gasteiger partial charge in [0.25, 0.3) is 0 Å². The zero-order valence-corrected chi connectivity index (χ0v) is 16.3. The molecule has 0 aliphatic carbocycles. The van der Waals surface area contributed by atoms with Gasteiger partial charge in [-0.3, -0.25) is 9.59 Å². The number of aliphatic hydroxyl groups is 2. The lowest BCUT2D eigenvalue weighted by Crippen LogP contribution is -2.12. The lowest BCUT2D eigenvalue weighted by atomic mass is 10.2. The molecule has 0 spiro atoms. The van der Waals surface area contributed by atoms with E-state index in [1.807, 2.05) is 60.7 Å². The molecule has 2 unspecified atom stereocenters. The summed E-state index contributed by atoms with van der Waals surface area (Å²) in [6.07, 6.45) is -1.18. The highest BCUT2D eigenvalue weighted by molar-refractivity contribution is 5.70.